The van der Waals surface area contributed by atoms with Gasteiger partial charge >= 0.3 is 0 Å². The first-order chi connectivity index (χ1) is 10.8. The van der Waals surface area contributed by atoms with E-state index in [2.05, 4.69) is 10.0 Å². The number of carbonyl (C=O) groups excluding carboxylic acids is 1. The standard InChI is InChI=1S/C14H11Cl2FN2O3S/c15-9-2-1-3-11(6-9)23(21,22)18-8-14(20)19-10-4-5-13(17)12(16)7-10/h1-7,18H,8H2,(H,19,20). The van der Waals surface area contributed by atoms with Crippen LogP contribution in [0, 0.1) is 5.82 Å². The van der Waals surface area contributed by atoms with E-state index in [1.165, 1.54) is 36.4 Å². The average molecular weight is 377 g/mol. The number of carbonyl (C=O) groups is 1. The summed E-state index contributed by atoms with van der Waals surface area (Å²) in [5.74, 6) is -1.25. The van der Waals surface area contributed by atoms with E-state index in [9.17, 15) is 17.6 Å². The van der Waals surface area contributed by atoms with Gasteiger partial charge < -0.3 is 5.32 Å². The Kier molecular flexibility index (Phi) is 5.59. The summed E-state index contributed by atoms with van der Waals surface area (Å²) in [5, 5.41) is 2.51. The van der Waals surface area contributed by atoms with Crippen molar-refractivity contribution in [3.63, 3.8) is 0 Å². The Bertz CT molecular complexity index is 844. The van der Waals surface area contributed by atoms with Crippen LogP contribution >= 0.6 is 23.2 Å². The number of benzene rings is 2. The minimum atomic E-state index is -3.87. The fraction of sp³-hybridized carbons (Fsp3) is 0.0714. The van der Waals surface area contributed by atoms with Crippen molar-refractivity contribution in [2.24, 2.45) is 0 Å². The molecule has 1 amide bonds. The molecular weight excluding hydrogens is 366 g/mol. The largest absolute Gasteiger partial charge is 0.325 e. The smallest absolute Gasteiger partial charge is 0.241 e. The van der Waals surface area contributed by atoms with Gasteiger partial charge in [-0.3, -0.25) is 4.79 Å². The highest BCUT2D eigenvalue weighted by Crippen LogP contribution is 2.19. The van der Waals surface area contributed by atoms with Crippen LogP contribution in [0.4, 0.5) is 10.1 Å². The molecule has 5 nitrogen and oxygen atoms in total. The van der Waals surface area contributed by atoms with E-state index in [-0.39, 0.29) is 20.6 Å². The predicted octanol–water partition coefficient (Wildman–Crippen LogP) is 3.05. The van der Waals surface area contributed by atoms with Crippen molar-refractivity contribution in [1.82, 2.24) is 4.72 Å². The minimum Gasteiger partial charge on any atom is -0.325 e. The number of sulfonamides is 1. The highest BCUT2D eigenvalue weighted by molar-refractivity contribution is 7.89. The third kappa shape index (κ3) is 4.90. The summed E-state index contributed by atoms with van der Waals surface area (Å²) in [6.45, 7) is -0.496. The van der Waals surface area contributed by atoms with Gasteiger partial charge in [0.25, 0.3) is 0 Å². The minimum absolute atomic E-state index is 0.0531. The maximum atomic E-state index is 13.0. The highest BCUT2D eigenvalue weighted by Gasteiger charge is 2.16. The summed E-state index contributed by atoms with van der Waals surface area (Å²) >= 11 is 11.3. The maximum Gasteiger partial charge on any atom is 0.241 e. The first kappa shape index (κ1) is 17.7. The van der Waals surface area contributed by atoms with Crippen molar-refractivity contribution in [2.45, 2.75) is 4.90 Å². The molecule has 2 rings (SSSR count). The van der Waals surface area contributed by atoms with Crippen LogP contribution in [0.1, 0.15) is 0 Å². The zero-order valence-corrected chi connectivity index (χ0v) is 13.8. The number of halogens is 3. The second-order valence-corrected chi connectivity index (χ2v) is 7.07. The zero-order valence-electron chi connectivity index (χ0n) is 11.5. The Morgan fingerprint density at radius 3 is 2.52 bits per heavy atom. The van der Waals surface area contributed by atoms with Crippen molar-refractivity contribution in [3.8, 4) is 0 Å². The molecule has 9 heteroatoms. The molecule has 0 fully saturated rings. The quantitative estimate of drug-likeness (QED) is 0.841. The first-order valence-corrected chi connectivity index (χ1v) is 8.52. The molecule has 2 aromatic carbocycles. The lowest BCUT2D eigenvalue weighted by molar-refractivity contribution is -0.115. The summed E-state index contributed by atoms with van der Waals surface area (Å²) in [4.78, 5) is 11.7. The molecule has 0 saturated heterocycles. The second-order valence-electron chi connectivity index (χ2n) is 4.46. The van der Waals surface area contributed by atoms with Crippen molar-refractivity contribution >= 4 is 44.8 Å². The number of amides is 1. The molecule has 0 bridgehead atoms. The van der Waals surface area contributed by atoms with Gasteiger partial charge in [-0.15, -0.1) is 0 Å². The van der Waals surface area contributed by atoms with E-state index in [0.717, 1.165) is 6.07 Å². The van der Waals surface area contributed by atoms with Gasteiger partial charge in [-0.1, -0.05) is 29.3 Å². The molecule has 122 valence electrons. The van der Waals surface area contributed by atoms with Crippen LogP contribution in [0.5, 0.6) is 0 Å². The van der Waals surface area contributed by atoms with Gasteiger partial charge in [0.2, 0.25) is 15.9 Å². The Hall–Kier alpha value is -1.67. The Morgan fingerprint density at radius 1 is 1.13 bits per heavy atom. The average Bonchev–Trinajstić information content (AvgIpc) is 2.49. The van der Waals surface area contributed by atoms with Gasteiger partial charge in [-0.2, -0.15) is 0 Å². The molecule has 2 N–H and O–H groups in total. The summed E-state index contributed by atoms with van der Waals surface area (Å²) in [6.07, 6.45) is 0. The van der Waals surface area contributed by atoms with Crippen LogP contribution in [0.25, 0.3) is 0 Å². The summed E-state index contributed by atoms with van der Waals surface area (Å²) in [7, 11) is -3.87. The van der Waals surface area contributed by atoms with Crippen LogP contribution in [-0.4, -0.2) is 20.9 Å². The molecule has 0 aromatic heterocycles. The topological polar surface area (TPSA) is 75.3 Å². The molecule has 0 aliphatic rings. The Balaban J connectivity index is 1.99. The van der Waals surface area contributed by atoms with Crippen molar-refractivity contribution < 1.29 is 17.6 Å². The molecule has 0 heterocycles. The number of hydrogen-bond acceptors (Lipinski definition) is 3. The molecule has 23 heavy (non-hydrogen) atoms. The molecule has 0 atom stereocenters. The van der Waals surface area contributed by atoms with Gasteiger partial charge in [-0.25, -0.2) is 17.5 Å². The molecular formula is C14H11Cl2FN2O3S. The summed E-state index contributed by atoms with van der Waals surface area (Å²) in [6, 6.07) is 9.26. The molecule has 0 aliphatic carbocycles. The number of anilines is 1. The van der Waals surface area contributed by atoms with E-state index in [0.29, 0.717) is 0 Å². The maximum absolute atomic E-state index is 13.0. The van der Waals surface area contributed by atoms with Crippen molar-refractivity contribution in [2.75, 3.05) is 11.9 Å². The molecule has 0 saturated carbocycles. The molecule has 0 aliphatic heterocycles. The van der Waals surface area contributed by atoms with Crippen LogP contribution in [0.3, 0.4) is 0 Å². The lowest BCUT2D eigenvalue weighted by Gasteiger charge is -2.08. The van der Waals surface area contributed by atoms with Crippen molar-refractivity contribution in [3.05, 3.63) is 58.3 Å². The third-order valence-electron chi connectivity index (χ3n) is 2.73. The lowest BCUT2D eigenvalue weighted by atomic mass is 10.3. The van der Waals surface area contributed by atoms with Crippen LogP contribution in [-0.2, 0) is 14.8 Å². The van der Waals surface area contributed by atoms with Gasteiger partial charge in [0.05, 0.1) is 16.5 Å². The van der Waals surface area contributed by atoms with Gasteiger partial charge in [-0.05, 0) is 36.4 Å². The van der Waals surface area contributed by atoms with Gasteiger partial charge in [0.15, 0.2) is 0 Å². The van der Waals surface area contributed by atoms with E-state index >= 15 is 0 Å². The number of hydrogen-bond donors (Lipinski definition) is 2. The van der Waals surface area contributed by atoms with Gasteiger partial charge in [0.1, 0.15) is 5.82 Å². The summed E-state index contributed by atoms with van der Waals surface area (Å²) in [5.41, 5.74) is 0.253. The fourth-order valence-corrected chi connectivity index (χ4v) is 3.12. The molecule has 0 radical (unpaired) electrons. The first-order valence-electron chi connectivity index (χ1n) is 6.28. The van der Waals surface area contributed by atoms with E-state index in [1.807, 2.05) is 0 Å². The normalized spacial score (nSPS) is 11.3. The molecule has 2 aromatic rings. The zero-order chi connectivity index (χ0) is 17.0. The summed E-state index contributed by atoms with van der Waals surface area (Å²) < 4.78 is 39.2. The van der Waals surface area contributed by atoms with Crippen LogP contribution < -0.4 is 10.0 Å². The molecule has 0 spiro atoms. The predicted molar refractivity (Wildman–Crippen MR) is 86.7 cm³/mol. The second kappa shape index (κ2) is 7.27. The van der Waals surface area contributed by atoms with Crippen LogP contribution in [0.15, 0.2) is 47.4 Å². The SMILES string of the molecule is O=C(CNS(=O)(=O)c1cccc(Cl)c1)Nc1ccc(F)c(Cl)c1. The third-order valence-corrected chi connectivity index (χ3v) is 4.66. The highest BCUT2D eigenvalue weighted by atomic mass is 35.5. The number of nitrogens with one attached hydrogen (secondary N) is 2. The monoisotopic (exact) mass is 376 g/mol. The lowest BCUT2D eigenvalue weighted by Crippen LogP contribution is -2.32. The van der Waals surface area contributed by atoms with Crippen LogP contribution in [0.2, 0.25) is 10.0 Å². The van der Waals surface area contributed by atoms with E-state index in [4.69, 9.17) is 23.2 Å². The van der Waals surface area contributed by atoms with E-state index < -0.39 is 28.3 Å². The van der Waals surface area contributed by atoms with E-state index in [1.54, 1.807) is 0 Å². The Labute approximate surface area is 142 Å². The van der Waals surface area contributed by atoms with Gasteiger partial charge in [0, 0.05) is 10.7 Å². The van der Waals surface area contributed by atoms with Crippen molar-refractivity contribution in [1.29, 1.82) is 0 Å². The molecule has 0 unspecified atom stereocenters. The number of rotatable bonds is 5. The fourth-order valence-electron chi connectivity index (χ4n) is 1.66. The Morgan fingerprint density at radius 2 is 1.87 bits per heavy atom.